The number of ether oxygens (including phenoxy) is 1. The van der Waals surface area contributed by atoms with E-state index in [1.54, 1.807) is 42.2 Å². The average Bonchev–Trinajstić information content (AvgIpc) is 2.80. The first-order chi connectivity index (χ1) is 15.4. The predicted octanol–water partition coefficient (Wildman–Crippen LogP) is 2.54. The highest BCUT2D eigenvalue weighted by Gasteiger charge is 2.24. The minimum absolute atomic E-state index is 0.0471. The monoisotopic (exact) mass is 440 g/mol. The summed E-state index contributed by atoms with van der Waals surface area (Å²) in [7, 11) is 0. The zero-order chi connectivity index (χ0) is 23.1. The molecule has 1 fully saturated rings. The number of rotatable bonds is 7. The summed E-state index contributed by atoms with van der Waals surface area (Å²) in [6.45, 7) is 4.01. The maximum absolute atomic E-state index is 12.9. The van der Waals surface area contributed by atoms with E-state index in [1.807, 2.05) is 4.90 Å². The van der Waals surface area contributed by atoms with Crippen molar-refractivity contribution in [2.24, 2.45) is 0 Å². The number of hydrogen-bond donors (Lipinski definition) is 1. The van der Waals surface area contributed by atoms with Gasteiger partial charge in [-0.2, -0.15) is 0 Å². The summed E-state index contributed by atoms with van der Waals surface area (Å²) in [5, 5.41) is 13.9. The summed E-state index contributed by atoms with van der Waals surface area (Å²) in [4.78, 5) is 51.4. The first-order valence-electron chi connectivity index (χ1n) is 10.2. The smallest absolute Gasteiger partial charge is 0.409 e. The zero-order valence-corrected chi connectivity index (χ0v) is 17.7. The third kappa shape index (κ3) is 5.67. The lowest BCUT2D eigenvalue weighted by molar-refractivity contribution is -0.384. The van der Waals surface area contributed by atoms with Gasteiger partial charge in [0, 0.05) is 43.9 Å². The van der Waals surface area contributed by atoms with Gasteiger partial charge < -0.3 is 15.0 Å². The molecule has 0 atom stereocenters. The Morgan fingerprint density at radius 3 is 2.38 bits per heavy atom. The quantitative estimate of drug-likeness (QED) is 0.399. The molecule has 0 aromatic heterocycles. The molecule has 2 aromatic rings. The lowest BCUT2D eigenvalue weighted by Crippen LogP contribution is -2.50. The molecule has 0 radical (unpaired) electrons. The first-order valence-corrected chi connectivity index (χ1v) is 10.2. The van der Waals surface area contributed by atoms with Crippen molar-refractivity contribution in [1.82, 2.24) is 9.80 Å². The molecule has 32 heavy (non-hydrogen) atoms. The van der Waals surface area contributed by atoms with Crippen LogP contribution in [0.25, 0.3) is 0 Å². The molecule has 0 unspecified atom stereocenters. The number of piperazine rings is 1. The number of anilines is 1. The van der Waals surface area contributed by atoms with Gasteiger partial charge in [-0.15, -0.1) is 0 Å². The van der Waals surface area contributed by atoms with Crippen molar-refractivity contribution >= 4 is 29.2 Å². The second-order valence-electron chi connectivity index (χ2n) is 7.19. The van der Waals surface area contributed by atoms with Crippen LogP contribution in [0.3, 0.4) is 0 Å². The van der Waals surface area contributed by atoms with Crippen molar-refractivity contribution in [1.29, 1.82) is 0 Å². The molecule has 1 aliphatic rings. The molecule has 2 aromatic carbocycles. The Kier molecular flexibility index (Phi) is 7.50. The number of nitrogens with one attached hydrogen (secondary N) is 1. The number of hydrogen-bond acceptors (Lipinski definition) is 7. The van der Waals surface area contributed by atoms with Crippen LogP contribution < -0.4 is 5.32 Å². The van der Waals surface area contributed by atoms with Gasteiger partial charge in [-0.25, -0.2) is 4.79 Å². The van der Waals surface area contributed by atoms with Gasteiger partial charge in [-0.1, -0.05) is 30.3 Å². The molecule has 10 heteroatoms. The average molecular weight is 440 g/mol. The number of carbonyl (C=O) groups excluding carboxylic acids is 3. The molecule has 2 amide bonds. The van der Waals surface area contributed by atoms with E-state index >= 15 is 0 Å². The first kappa shape index (κ1) is 22.9. The van der Waals surface area contributed by atoms with Crippen LogP contribution in [0.5, 0.6) is 0 Å². The summed E-state index contributed by atoms with van der Waals surface area (Å²) in [6, 6.07) is 12.1. The standard InChI is InChI=1S/C22H24N4O6/c1-2-32-22(29)25-12-10-24(11-13-25)15-20(27)23-19-9-8-17(26(30)31)14-18(19)21(28)16-6-4-3-5-7-16/h3-9,14H,2,10-13,15H2,1H3,(H,23,27). The van der Waals surface area contributed by atoms with E-state index in [0.717, 1.165) is 0 Å². The number of nitro groups is 1. The Morgan fingerprint density at radius 1 is 1.06 bits per heavy atom. The largest absolute Gasteiger partial charge is 0.450 e. The highest BCUT2D eigenvalue weighted by Crippen LogP contribution is 2.25. The second-order valence-corrected chi connectivity index (χ2v) is 7.19. The van der Waals surface area contributed by atoms with Gasteiger partial charge in [-0.3, -0.25) is 24.6 Å². The number of nitro benzene ring substituents is 1. The van der Waals surface area contributed by atoms with Crippen molar-refractivity contribution in [3.63, 3.8) is 0 Å². The van der Waals surface area contributed by atoms with Crippen LogP contribution in [0.2, 0.25) is 0 Å². The molecule has 1 heterocycles. The number of ketones is 1. The summed E-state index contributed by atoms with van der Waals surface area (Å²) in [5.41, 5.74) is 0.376. The van der Waals surface area contributed by atoms with E-state index in [9.17, 15) is 24.5 Å². The van der Waals surface area contributed by atoms with Gasteiger partial charge in [-0.05, 0) is 13.0 Å². The summed E-state index contributed by atoms with van der Waals surface area (Å²) < 4.78 is 4.98. The molecule has 1 saturated heterocycles. The van der Waals surface area contributed by atoms with Gasteiger partial charge in [0.25, 0.3) is 5.69 Å². The molecule has 1 N–H and O–H groups in total. The minimum Gasteiger partial charge on any atom is -0.450 e. The van der Waals surface area contributed by atoms with Crippen molar-refractivity contribution in [3.05, 3.63) is 69.8 Å². The molecule has 3 rings (SSSR count). The third-order valence-corrected chi connectivity index (χ3v) is 5.03. The van der Waals surface area contributed by atoms with E-state index < -0.39 is 10.7 Å². The number of carbonyl (C=O) groups is 3. The fraction of sp³-hybridized carbons (Fsp3) is 0.318. The molecular formula is C22H24N4O6. The van der Waals surface area contributed by atoms with Crippen molar-refractivity contribution in [2.75, 3.05) is 44.6 Å². The number of nitrogens with zero attached hydrogens (tertiary/aromatic N) is 3. The van der Waals surface area contributed by atoms with E-state index in [1.165, 1.54) is 18.2 Å². The van der Waals surface area contributed by atoms with Crippen LogP contribution >= 0.6 is 0 Å². The van der Waals surface area contributed by atoms with Gasteiger partial charge in [0.1, 0.15) is 0 Å². The number of benzene rings is 2. The lowest BCUT2D eigenvalue weighted by atomic mass is 10.0. The van der Waals surface area contributed by atoms with Crippen molar-refractivity contribution in [2.45, 2.75) is 6.92 Å². The lowest BCUT2D eigenvalue weighted by Gasteiger charge is -2.33. The molecule has 0 bridgehead atoms. The van der Waals surface area contributed by atoms with Crippen molar-refractivity contribution < 1.29 is 24.0 Å². The normalized spacial score (nSPS) is 14.0. The summed E-state index contributed by atoms with van der Waals surface area (Å²) in [5.74, 6) is -0.779. The maximum Gasteiger partial charge on any atom is 0.409 e. The Bertz CT molecular complexity index is 1000. The molecule has 0 saturated carbocycles. The topological polar surface area (TPSA) is 122 Å². The second kappa shape index (κ2) is 10.5. The predicted molar refractivity (Wildman–Crippen MR) is 117 cm³/mol. The van der Waals surface area contributed by atoms with E-state index in [-0.39, 0.29) is 35.5 Å². The fourth-order valence-electron chi connectivity index (χ4n) is 3.38. The molecular weight excluding hydrogens is 416 g/mol. The van der Waals surface area contributed by atoms with Crippen LogP contribution in [-0.2, 0) is 9.53 Å². The number of amides is 2. The van der Waals surface area contributed by atoms with Crippen LogP contribution in [0, 0.1) is 10.1 Å². The van der Waals surface area contributed by atoms with Crippen LogP contribution in [0.15, 0.2) is 48.5 Å². The Morgan fingerprint density at radius 2 is 1.75 bits per heavy atom. The minimum atomic E-state index is -0.587. The number of non-ortho nitro benzene ring substituents is 1. The van der Waals surface area contributed by atoms with Gasteiger partial charge in [0.2, 0.25) is 5.91 Å². The maximum atomic E-state index is 12.9. The third-order valence-electron chi connectivity index (χ3n) is 5.03. The zero-order valence-electron chi connectivity index (χ0n) is 17.7. The molecule has 168 valence electrons. The Balaban J connectivity index is 1.69. The van der Waals surface area contributed by atoms with E-state index in [4.69, 9.17) is 4.74 Å². The fourth-order valence-corrected chi connectivity index (χ4v) is 3.38. The molecule has 0 aliphatic carbocycles. The highest BCUT2D eigenvalue weighted by molar-refractivity contribution is 6.14. The Labute approximate surface area is 184 Å². The molecule has 10 nitrogen and oxygen atoms in total. The van der Waals surface area contributed by atoms with Crippen LogP contribution in [0.4, 0.5) is 16.2 Å². The van der Waals surface area contributed by atoms with Gasteiger partial charge in [0.15, 0.2) is 5.78 Å². The van der Waals surface area contributed by atoms with E-state index in [2.05, 4.69) is 5.32 Å². The Hall–Kier alpha value is -3.79. The van der Waals surface area contributed by atoms with Gasteiger partial charge in [0.05, 0.1) is 29.3 Å². The molecule has 1 aliphatic heterocycles. The van der Waals surface area contributed by atoms with Crippen LogP contribution in [-0.4, -0.2) is 71.8 Å². The van der Waals surface area contributed by atoms with Gasteiger partial charge >= 0.3 is 6.09 Å². The van der Waals surface area contributed by atoms with Crippen molar-refractivity contribution in [3.8, 4) is 0 Å². The SMILES string of the molecule is CCOC(=O)N1CCN(CC(=O)Nc2ccc([N+](=O)[O-])cc2C(=O)c2ccccc2)CC1. The summed E-state index contributed by atoms with van der Waals surface area (Å²) in [6.07, 6.45) is -0.369. The van der Waals surface area contributed by atoms with E-state index in [0.29, 0.717) is 38.3 Å². The highest BCUT2D eigenvalue weighted by atomic mass is 16.6. The van der Waals surface area contributed by atoms with Crippen LogP contribution in [0.1, 0.15) is 22.8 Å². The molecule has 0 spiro atoms. The summed E-state index contributed by atoms with van der Waals surface area (Å²) >= 11 is 0.